The number of aryl methyl sites for hydroxylation is 2. The van der Waals surface area contributed by atoms with E-state index in [1.54, 1.807) is 0 Å². The zero-order valence-electron chi connectivity index (χ0n) is 18.6. The Morgan fingerprint density at radius 1 is 0.968 bits per heavy atom. The lowest BCUT2D eigenvalue weighted by molar-refractivity contribution is 0.425. The molecule has 2 heterocycles. The first-order chi connectivity index (χ1) is 15.0. The number of aromatic nitrogens is 4. The van der Waals surface area contributed by atoms with Gasteiger partial charge in [-0.25, -0.2) is 4.79 Å². The van der Waals surface area contributed by atoms with Crippen LogP contribution in [0.2, 0.25) is 0 Å². The monoisotopic (exact) mass is 418 g/mol. The second-order valence-corrected chi connectivity index (χ2v) is 7.89. The van der Waals surface area contributed by atoms with Gasteiger partial charge in [0.15, 0.2) is 5.82 Å². The molecule has 7 nitrogen and oxygen atoms in total. The van der Waals surface area contributed by atoms with Gasteiger partial charge in [-0.1, -0.05) is 36.4 Å². The highest BCUT2D eigenvalue weighted by Crippen LogP contribution is 2.37. The predicted octanol–water partition coefficient (Wildman–Crippen LogP) is 3.87. The highest BCUT2D eigenvalue weighted by molar-refractivity contribution is 5.92. The van der Waals surface area contributed by atoms with Gasteiger partial charge in [0.05, 0.1) is 22.3 Å². The second-order valence-electron chi connectivity index (χ2n) is 7.89. The maximum Gasteiger partial charge on any atom is 0.329 e. The van der Waals surface area contributed by atoms with Crippen LogP contribution in [0.4, 0.5) is 5.82 Å². The molecule has 2 N–H and O–H groups in total. The third kappa shape index (κ3) is 3.88. The van der Waals surface area contributed by atoms with Crippen LogP contribution in [0.3, 0.4) is 0 Å². The molecule has 0 unspecified atom stereocenters. The number of nitrogens with zero attached hydrogens (tertiary/aromatic N) is 4. The van der Waals surface area contributed by atoms with E-state index in [1.807, 2.05) is 47.2 Å². The molecule has 0 saturated heterocycles. The van der Waals surface area contributed by atoms with Gasteiger partial charge in [0, 0.05) is 31.7 Å². The van der Waals surface area contributed by atoms with Crippen LogP contribution in [-0.4, -0.2) is 51.4 Å². The molecular weight excluding hydrogens is 388 g/mol. The Morgan fingerprint density at radius 3 is 2.35 bits per heavy atom. The van der Waals surface area contributed by atoms with Crippen LogP contribution in [0.1, 0.15) is 13.8 Å². The van der Waals surface area contributed by atoms with Crippen LogP contribution in [0.5, 0.6) is 0 Å². The van der Waals surface area contributed by atoms with Crippen LogP contribution >= 0.6 is 0 Å². The summed E-state index contributed by atoms with van der Waals surface area (Å²) in [6, 6.07) is 16.5. The lowest BCUT2D eigenvalue weighted by atomic mass is 10.00. The van der Waals surface area contributed by atoms with Gasteiger partial charge >= 0.3 is 5.69 Å². The number of hydrogen-bond donors (Lipinski definition) is 2. The molecule has 4 rings (SSSR count). The Hall–Kier alpha value is -3.32. The van der Waals surface area contributed by atoms with Crippen LogP contribution < -0.4 is 11.0 Å². The van der Waals surface area contributed by atoms with Gasteiger partial charge < -0.3 is 10.2 Å². The van der Waals surface area contributed by atoms with E-state index in [2.05, 4.69) is 58.8 Å². The van der Waals surface area contributed by atoms with Gasteiger partial charge in [-0.05, 0) is 45.6 Å². The van der Waals surface area contributed by atoms with E-state index in [1.165, 1.54) is 0 Å². The summed E-state index contributed by atoms with van der Waals surface area (Å²) in [6.45, 7) is 6.99. The summed E-state index contributed by atoms with van der Waals surface area (Å²) < 4.78 is 3.66. The van der Waals surface area contributed by atoms with Crippen molar-refractivity contribution in [1.82, 2.24) is 24.2 Å². The number of H-pyrrole nitrogens is 1. The van der Waals surface area contributed by atoms with Crippen molar-refractivity contribution in [2.45, 2.75) is 26.9 Å². The lowest BCUT2D eigenvalue weighted by Crippen LogP contribution is -2.23. The number of hydrogen-bond acceptors (Lipinski definition) is 4. The summed E-state index contributed by atoms with van der Waals surface area (Å²) in [7, 11) is 4.11. The van der Waals surface area contributed by atoms with Crippen LogP contribution in [0.15, 0.2) is 53.3 Å². The van der Waals surface area contributed by atoms with E-state index < -0.39 is 0 Å². The van der Waals surface area contributed by atoms with Gasteiger partial charge in [-0.15, -0.1) is 0 Å². The fourth-order valence-corrected chi connectivity index (χ4v) is 4.05. The molecule has 2 aromatic carbocycles. The summed E-state index contributed by atoms with van der Waals surface area (Å²) in [6.07, 6.45) is 0. The molecule has 4 aromatic rings. The third-order valence-corrected chi connectivity index (χ3v) is 5.62. The first kappa shape index (κ1) is 20.9. The highest BCUT2D eigenvalue weighted by atomic mass is 16.1. The molecule has 0 aliphatic heterocycles. The fourth-order valence-electron chi connectivity index (χ4n) is 4.05. The predicted molar refractivity (Wildman–Crippen MR) is 128 cm³/mol. The standard InChI is InChI=1S/C24H30N6O/c1-5-29-19-13-12-18(16-20(19)30(6-2)24(29)31)21-22(17-10-8-7-9-11-17)26-27-23(21)25-14-15-28(3)4/h7-13,16H,5-6,14-15H2,1-4H3,(H2,25,26,27). The van der Waals surface area contributed by atoms with Crippen molar-refractivity contribution in [2.24, 2.45) is 0 Å². The SMILES string of the molecule is CCn1c(=O)n(CC)c2cc(-c3c(NCCN(C)C)n[nH]c3-c3ccccc3)ccc21. The molecule has 162 valence electrons. The van der Waals surface area contributed by atoms with Gasteiger partial charge in [-0.3, -0.25) is 14.2 Å². The number of rotatable bonds is 8. The van der Waals surface area contributed by atoms with E-state index in [4.69, 9.17) is 0 Å². The van der Waals surface area contributed by atoms with E-state index in [9.17, 15) is 4.79 Å². The summed E-state index contributed by atoms with van der Waals surface area (Å²) in [5.74, 6) is 0.820. The van der Waals surface area contributed by atoms with E-state index in [-0.39, 0.29) is 5.69 Å². The minimum Gasteiger partial charge on any atom is -0.367 e. The normalized spacial score (nSPS) is 11.5. The summed E-state index contributed by atoms with van der Waals surface area (Å²) in [5.41, 5.74) is 6.04. The largest absolute Gasteiger partial charge is 0.367 e. The quantitative estimate of drug-likeness (QED) is 0.456. The van der Waals surface area contributed by atoms with Crippen molar-refractivity contribution < 1.29 is 0 Å². The van der Waals surface area contributed by atoms with Crippen molar-refractivity contribution in [2.75, 3.05) is 32.5 Å². The average molecular weight is 419 g/mol. The Bertz CT molecular complexity index is 1230. The van der Waals surface area contributed by atoms with Crippen LogP contribution in [-0.2, 0) is 13.1 Å². The summed E-state index contributed by atoms with van der Waals surface area (Å²) in [4.78, 5) is 14.9. The third-order valence-electron chi connectivity index (χ3n) is 5.62. The Kier molecular flexibility index (Phi) is 5.95. The Labute approximate surface area is 182 Å². The molecule has 0 fully saturated rings. The van der Waals surface area contributed by atoms with Gasteiger partial charge in [-0.2, -0.15) is 5.10 Å². The Balaban J connectivity index is 1.88. The number of likely N-dealkylation sites (N-methyl/N-ethyl adjacent to an activating group) is 1. The topological polar surface area (TPSA) is 70.9 Å². The fraction of sp³-hybridized carbons (Fsp3) is 0.333. The molecule has 0 radical (unpaired) electrons. The molecule has 0 atom stereocenters. The highest BCUT2D eigenvalue weighted by Gasteiger charge is 2.19. The van der Waals surface area contributed by atoms with Crippen molar-refractivity contribution in [3.05, 3.63) is 59.0 Å². The number of imidazole rings is 1. The van der Waals surface area contributed by atoms with Gasteiger partial charge in [0.2, 0.25) is 0 Å². The van der Waals surface area contributed by atoms with Gasteiger partial charge in [0.1, 0.15) is 0 Å². The number of aromatic amines is 1. The molecule has 0 bridgehead atoms. The maximum absolute atomic E-state index is 12.8. The van der Waals surface area contributed by atoms with Crippen molar-refractivity contribution >= 4 is 16.9 Å². The second kappa shape index (κ2) is 8.81. The number of benzene rings is 2. The van der Waals surface area contributed by atoms with Crippen molar-refractivity contribution in [3.63, 3.8) is 0 Å². The molecule has 0 aliphatic carbocycles. The summed E-state index contributed by atoms with van der Waals surface area (Å²) >= 11 is 0. The maximum atomic E-state index is 12.8. The zero-order chi connectivity index (χ0) is 22.0. The van der Waals surface area contributed by atoms with E-state index in [0.29, 0.717) is 13.1 Å². The minimum atomic E-state index is 0.0388. The summed E-state index contributed by atoms with van der Waals surface area (Å²) in [5, 5.41) is 11.3. The van der Waals surface area contributed by atoms with Crippen molar-refractivity contribution in [1.29, 1.82) is 0 Å². The minimum absolute atomic E-state index is 0.0388. The van der Waals surface area contributed by atoms with Crippen molar-refractivity contribution in [3.8, 4) is 22.4 Å². The van der Waals surface area contributed by atoms with Crippen LogP contribution in [0, 0.1) is 0 Å². The molecule has 7 heteroatoms. The number of anilines is 1. The van der Waals surface area contributed by atoms with Gasteiger partial charge in [0.25, 0.3) is 0 Å². The van der Waals surface area contributed by atoms with E-state index in [0.717, 1.165) is 52.3 Å². The molecular formula is C24H30N6O. The molecule has 0 aliphatic rings. The molecule has 0 saturated carbocycles. The smallest absolute Gasteiger partial charge is 0.329 e. The molecule has 2 aromatic heterocycles. The Morgan fingerprint density at radius 2 is 1.68 bits per heavy atom. The molecule has 0 spiro atoms. The first-order valence-electron chi connectivity index (χ1n) is 10.8. The first-order valence-corrected chi connectivity index (χ1v) is 10.8. The number of nitrogens with one attached hydrogen (secondary N) is 2. The molecule has 31 heavy (non-hydrogen) atoms. The van der Waals surface area contributed by atoms with E-state index >= 15 is 0 Å². The molecule has 0 amide bonds. The average Bonchev–Trinajstić information content (AvgIpc) is 3.31. The lowest BCUT2D eigenvalue weighted by Gasteiger charge is -2.12. The van der Waals surface area contributed by atoms with Crippen LogP contribution in [0.25, 0.3) is 33.4 Å². The number of fused-ring (bicyclic) bond motifs is 1. The zero-order valence-corrected chi connectivity index (χ0v) is 18.6.